The van der Waals surface area contributed by atoms with Gasteiger partial charge in [-0.3, -0.25) is 9.78 Å². The fourth-order valence-corrected chi connectivity index (χ4v) is 2.30. The highest BCUT2D eigenvalue weighted by molar-refractivity contribution is 5.81. The molecule has 1 aromatic heterocycles. The van der Waals surface area contributed by atoms with Crippen LogP contribution in [0.5, 0.6) is 5.75 Å². The van der Waals surface area contributed by atoms with Crippen LogP contribution in [0.15, 0.2) is 48.8 Å². The van der Waals surface area contributed by atoms with E-state index >= 15 is 0 Å². The maximum Gasteiger partial charge on any atom is 0.263 e. The molecule has 0 radical (unpaired) electrons. The Balaban J connectivity index is 2.06. The quantitative estimate of drug-likeness (QED) is 0.819. The minimum atomic E-state index is -0.614. The summed E-state index contributed by atoms with van der Waals surface area (Å²) in [6.07, 6.45) is 2.85. The molecule has 1 heterocycles. The molecule has 24 heavy (non-hydrogen) atoms. The van der Waals surface area contributed by atoms with Crippen LogP contribution in [0.3, 0.4) is 0 Å². The zero-order valence-electron chi connectivity index (χ0n) is 14.1. The van der Waals surface area contributed by atoms with Crippen molar-refractivity contribution in [3.63, 3.8) is 0 Å². The summed E-state index contributed by atoms with van der Waals surface area (Å²) in [4.78, 5) is 18.6. The second-order valence-electron chi connectivity index (χ2n) is 5.82. The molecule has 5 nitrogen and oxygen atoms in total. The van der Waals surface area contributed by atoms with E-state index in [1.54, 1.807) is 48.5 Å². The Morgan fingerprint density at radius 3 is 2.50 bits per heavy atom. The van der Waals surface area contributed by atoms with Crippen LogP contribution in [-0.2, 0) is 11.3 Å². The summed E-state index contributed by atoms with van der Waals surface area (Å²) in [5, 5.41) is 8.82. The predicted molar refractivity (Wildman–Crippen MR) is 91.2 cm³/mol. The zero-order chi connectivity index (χ0) is 17.5. The van der Waals surface area contributed by atoms with Crippen molar-refractivity contribution in [2.24, 2.45) is 0 Å². The van der Waals surface area contributed by atoms with Gasteiger partial charge in [-0.25, -0.2) is 0 Å². The largest absolute Gasteiger partial charge is 0.481 e. The first-order chi connectivity index (χ1) is 11.5. The molecule has 0 fully saturated rings. The lowest BCUT2D eigenvalue weighted by Gasteiger charge is -2.29. The van der Waals surface area contributed by atoms with Gasteiger partial charge in [0.2, 0.25) is 0 Å². The molecular formula is C19H21N3O2. The van der Waals surface area contributed by atoms with Crippen molar-refractivity contribution in [2.45, 2.75) is 39.5 Å². The van der Waals surface area contributed by atoms with Crippen molar-refractivity contribution in [1.29, 1.82) is 5.26 Å². The Hall–Kier alpha value is -2.87. The lowest BCUT2D eigenvalue weighted by molar-refractivity contribution is -0.140. The number of ether oxygens (including phenoxy) is 1. The molecule has 2 rings (SSSR count). The maximum absolute atomic E-state index is 12.7. The van der Waals surface area contributed by atoms with Crippen molar-refractivity contribution in [2.75, 3.05) is 0 Å². The number of benzene rings is 1. The van der Waals surface area contributed by atoms with Gasteiger partial charge in [-0.05, 0) is 56.7 Å². The van der Waals surface area contributed by atoms with Gasteiger partial charge in [0, 0.05) is 25.0 Å². The summed E-state index contributed by atoms with van der Waals surface area (Å²) in [5.41, 5.74) is 1.53. The van der Waals surface area contributed by atoms with Crippen LogP contribution in [0.2, 0.25) is 0 Å². The molecule has 0 saturated carbocycles. The van der Waals surface area contributed by atoms with Gasteiger partial charge in [0.05, 0.1) is 11.6 Å². The third-order valence-corrected chi connectivity index (χ3v) is 3.63. The molecule has 1 amide bonds. The molecule has 124 valence electrons. The lowest BCUT2D eigenvalue weighted by atomic mass is 10.2. The Bertz CT molecular complexity index is 706. The second-order valence-corrected chi connectivity index (χ2v) is 5.82. The highest BCUT2D eigenvalue weighted by Gasteiger charge is 2.24. The fraction of sp³-hybridized carbons (Fsp3) is 0.316. The van der Waals surface area contributed by atoms with E-state index in [0.29, 0.717) is 17.9 Å². The molecule has 0 N–H and O–H groups in total. The average molecular weight is 323 g/mol. The first-order valence-electron chi connectivity index (χ1n) is 7.87. The molecule has 0 aliphatic heterocycles. The van der Waals surface area contributed by atoms with E-state index < -0.39 is 6.10 Å². The Labute approximate surface area is 142 Å². The van der Waals surface area contributed by atoms with Crippen molar-refractivity contribution >= 4 is 5.91 Å². The fourth-order valence-electron chi connectivity index (χ4n) is 2.30. The molecule has 5 heteroatoms. The molecule has 1 unspecified atom stereocenters. The summed E-state index contributed by atoms with van der Waals surface area (Å²) in [7, 11) is 0. The molecule has 0 bridgehead atoms. The third kappa shape index (κ3) is 4.56. The van der Waals surface area contributed by atoms with Crippen LogP contribution >= 0.6 is 0 Å². The van der Waals surface area contributed by atoms with Gasteiger partial charge in [0.25, 0.3) is 5.91 Å². The monoisotopic (exact) mass is 323 g/mol. The number of hydrogen-bond acceptors (Lipinski definition) is 4. The van der Waals surface area contributed by atoms with Gasteiger partial charge < -0.3 is 9.64 Å². The molecule has 0 spiro atoms. The van der Waals surface area contributed by atoms with Gasteiger partial charge in [-0.2, -0.15) is 5.26 Å². The number of carbonyl (C=O) groups excluding carboxylic acids is 1. The maximum atomic E-state index is 12.7. The van der Waals surface area contributed by atoms with Crippen molar-refractivity contribution < 1.29 is 9.53 Å². The molecular weight excluding hydrogens is 302 g/mol. The van der Waals surface area contributed by atoms with Gasteiger partial charge >= 0.3 is 0 Å². The molecule has 0 aliphatic rings. The molecule has 2 aromatic rings. The van der Waals surface area contributed by atoms with Crippen LogP contribution in [0, 0.1) is 11.3 Å². The second kappa shape index (κ2) is 8.11. The van der Waals surface area contributed by atoms with Crippen molar-refractivity contribution in [3.8, 4) is 11.8 Å². The minimum absolute atomic E-state index is 0.0460. The molecule has 0 aliphatic carbocycles. The number of pyridine rings is 1. The first kappa shape index (κ1) is 17.5. The topological polar surface area (TPSA) is 66.2 Å². The summed E-state index contributed by atoms with van der Waals surface area (Å²) < 4.78 is 5.73. The van der Waals surface area contributed by atoms with E-state index in [-0.39, 0.29) is 11.9 Å². The number of amides is 1. The van der Waals surface area contributed by atoms with E-state index in [2.05, 4.69) is 11.1 Å². The van der Waals surface area contributed by atoms with Gasteiger partial charge in [0.15, 0.2) is 6.10 Å². The van der Waals surface area contributed by atoms with E-state index in [0.717, 1.165) is 5.56 Å². The molecule has 0 saturated heterocycles. The summed E-state index contributed by atoms with van der Waals surface area (Å²) in [6, 6.07) is 12.6. The first-order valence-corrected chi connectivity index (χ1v) is 7.87. The smallest absolute Gasteiger partial charge is 0.263 e. The Kier molecular flexibility index (Phi) is 5.91. The third-order valence-electron chi connectivity index (χ3n) is 3.63. The SMILES string of the molecule is CC(Oc1ccc(C#N)cc1)C(=O)N(Cc1cccnc1)C(C)C. The Morgan fingerprint density at radius 1 is 1.25 bits per heavy atom. The van der Waals surface area contributed by atoms with Crippen molar-refractivity contribution in [1.82, 2.24) is 9.88 Å². The van der Waals surface area contributed by atoms with Crippen molar-refractivity contribution in [3.05, 3.63) is 59.9 Å². The average Bonchev–Trinajstić information content (AvgIpc) is 2.60. The summed E-state index contributed by atoms with van der Waals surface area (Å²) in [5.74, 6) is 0.484. The molecule has 1 aromatic carbocycles. The zero-order valence-corrected chi connectivity index (χ0v) is 14.1. The van der Waals surface area contributed by atoms with E-state index in [1.807, 2.05) is 26.0 Å². The van der Waals surface area contributed by atoms with Crippen LogP contribution in [0.1, 0.15) is 31.9 Å². The summed E-state index contributed by atoms with van der Waals surface area (Å²) in [6.45, 7) is 6.18. The molecule has 1 atom stereocenters. The number of rotatable bonds is 6. The highest BCUT2D eigenvalue weighted by atomic mass is 16.5. The van der Waals surface area contributed by atoms with Gasteiger partial charge in [0.1, 0.15) is 5.75 Å². The normalized spacial score (nSPS) is 11.6. The number of hydrogen-bond donors (Lipinski definition) is 0. The van der Waals surface area contributed by atoms with Crippen LogP contribution in [0.25, 0.3) is 0 Å². The van der Waals surface area contributed by atoms with Crippen LogP contribution in [-0.4, -0.2) is 27.9 Å². The predicted octanol–water partition coefficient (Wildman–Crippen LogP) is 3.16. The van der Waals surface area contributed by atoms with Gasteiger partial charge in [-0.1, -0.05) is 6.07 Å². The summed E-state index contributed by atoms with van der Waals surface area (Å²) >= 11 is 0. The highest BCUT2D eigenvalue weighted by Crippen LogP contribution is 2.16. The lowest BCUT2D eigenvalue weighted by Crippen LogP contribution is -2.43. The minimum Gasteiger partial charge on any atom is -0.481 e. The van der Waals surface area contributed by atoms with E-state index in [1.165, 1.54) is 0 Å². The standard InChI is InChI=1S/C19H21N3O2/c1-14(2)22(13-17-5-4-10-21-12-17)19(23)15(3)24-18-8-6-16(11-20)7-9-18/h4-10,12,14-15H,13H2,1-3H3. The number of aromatic nitrogens is 1. The van der Waals surface area contributed by atoms with Crippen LogP contribution in [0.4, 0.5) is 0 Å². The van der Waals surface area contributed by atoms with E-state index in [9.17, 15) is 4.79 Å². The van der Waals surface area contributed by atoms with Crippen LogP contribution < -0.4 is 4.74 Å². The number of nitriles is 1. The number of nitrogens with zero attached hydrogens (tertiary/aromatic N) is 3. The van der Waals surface area contributed by atoms with Gasteiger partial charge in [-0.15, -0.1) is 0 Å². The Morgan fingerprint density at radius 2 is 1.96 bits per heavy atom. The number of carbonyl (C=O) groups is 1. The van der Waals surface area contributed by atoms with E-state index in [4.69, 9.17) is 10.00 Å².